The number of hydrogen-bond donors (Lipinski definition) is 1. The second-order valence-corrected chi connectivity index (χ2v) is 3.83. The topological polar surface area (TPSA) is 80.7 Å². The van der Waals surface area contributed by atoms with Crippen LogP contribution in [0.5, 0.6) is 0 Å². The number of aliphatic carboxylic acids is 1. The van der Waals surface area contributed by atoms with E-state index in [4.69, 9.17) is 9.84 Å². The molecular formula is C10H10O5. The van der Waals surface area contributed by atoms with Crippen molar-refractivity contribution in [2.45, 2.75) is 19.4 Å². The quantitative estimate of drug-likeness (QED) is 0.656. The summed E-state index contributed by atoms with van der Waals surface area (Å²) in [6.45, 7) is 1.41. The lowest BCUT2D eigenvalue weighted by atomic mass is 9.75. The summed E-state index contributed by atoms with van der Waals surface area (Å²) >= 11 is 0. The van der Waals surface area contributed by atoms with Gasteiger partial charge in [0.25, 0.3) is 0 Å². The SMILES string of the molecule is CC(=O)[C@@H]1C[C@H]2OC(=O)[C@@H]1C=C2C(=O)O. The van der Waals surface area contributed by atoms with Crippen molar-refractivity contribution < 1.29 is 24.2 Å². The van der Waals surface area contributed by atoms with E-state index >= 15 is 0 Å². The number of Topliss-reactive ketones (excluding diaryl/α,β-unsaturated/α-hetero) is 1. The van der Waals surface area contributed by atoms with Crippen LogP contribution in [0.4, 0.5) is 0 Å². The molecule has 3 aliphatic rings. The molecule has 1 aliphatic carbocycles. The Morgan fingerprint density at radius 1 is 1.53 bits per heavy atom. The van der Waals surface area contributed by atoms with Crippen molar-refractivity contribution in [3.8, 4) is 0 Å². The van der Waals surface area contributed by atoms with Gasteiger partial charge in [0.1, 0.15) is 11.9 Å². The van der Waals surface area contributed by atoms with Gasteiger partial charge in [0, 0.05) is 5.92 Å². The Bertz CT molecular complexity index is 381. The first-order chi connectivity index (χ1) is 7.00. The van der Waals surface area contributed by atoms with Gasteiger partial charge in [0.2, 0.25) is 0 Å². The lowest BCUT2D eigenvalue weighted by Gasteiger charge is -2.37. The average molecular weight is 210 g/mol. The molecule has 5 nitrogen and oxygen atoms in total. The average Bonchev–Trinajstić information content (AvgIpc) is 2.16. The standard InChI is InChI=1S/C10H10O5/c1-4(11)5-3-8-7(9(12)13)2-6(5)10(14)15-8/h2,5-6,8H,3H2,1H3,(H,12,13)/t5-,6+,8+/m0/s1. The number of fused-ring (bicyclic) bond motifs is 2. The Labute approximate surface area is 85.7 Å². The molecule has 2 heterocycles. The van der Waals surface area contributed by atoms with E-state index in [0.29, 0.717) is 6.42 Å². The zero-order chi connectivity index (χ0) is 11.2. The zero-order valence-corrected chi connectivity index (χ0v) is 8.10. The molecule has 0 radical (unpaired) electrons. The molecule has 0 spiro atoms. The van der Waals surface area contributed by atoms with Crippen LogP contribution in [-0.4, -0.2) is 28.9 Å². The first-order valence-corrected chi connectivity index (χ1v) is 4.66. The van der Waals surface area contributed by atoms with E-state index in [1.807, 2.05) is 0 Å². The third-order valence-electron chi connectivity index (χ3n) is 2.91. The molecule has 3 atom stereocenters. The summed E-state index contributed by atoms with van der Waals surface area (Å²) in [7, 11) is 0. The van der Waals surface area contributed by atoms with Crippen molar-refractivity contribution in [1.82, 2.24) is 0 Å². The van der Waals surface area contributed by atoms with Gasteiger partial charge in [-0.05, 0) is 13.3 Å². The normalized spacial score (nSPS) is 33.3. The van der Waals surface area contributed by atoms with Gasteiger partial charge in [0.15, 0.2) is 0 Å². The summed E-state index contributed by atoms with van der Waals surface area (Å²) in [5, 5.41) is 8.83. The monoisotopic (exact) mass is 210 g/mol. The van der Waals surface area contributed by atoms with Crippen molar-refractivity contribution in [2.24, 2.45) is 11.8 Å². The summed E-state index contributed by atoms with van der Waals surface area (Å²) in [5.74, 6) is -2.80. The largest absolute Gasteiger partial charge is 0.478 e. The molecule has 0 saturated carbocycles. The van der Waals surface area contributed by atoms with Gasteiger partial charge in [-0.15, -0.1) is 0 Å². The third-order valence-corrected chi connectivity index (χ3v) is 2.91. The van der Waals surface area contributed by atoms with Gasteiger partial charge in [-0.1, -0.05) is 6.08 Å². The Morgan fingerprint density at radius 2 is 2.20 bits per heavy atom. The number of hydrogen-bond acceptors (Lipinski definition) is 4. The fourth-order valence-corrected chi connectivity index (χ4v) is 2.11. The van der Waals surface area contributed by atoms with Crippen LogP contribution in [0.25, 0.3) is 0 Å². The Hall–Kier alpha value is -1.65. The summed E-state index contributed by atoms with van der Waals surface area (Å²) < 4.78 is 4.90. The molecule has 3 rings (SSSR count). The molecule has 1 N–H and O–H groups in total. The molecular weight excluding hydrogens is 200 g/mol. The maximum atomic E-state index is 11.3. The molecule has 0 amide bonds. The zero-order valence-electron chi connectivity index (χ0n) is 8.10. The van der Waals surface area contributed by atoms with E-state index < -0.39 is 29.9 Å². The fourth-order valence-electron chi connectivity index (χ4n) is 2.11. The number of ether oxygens (including phenoxy) is 1. The maximum Gasteiger partial charge on any atom is 0.335 e. The lowest BCUT2D eigenvalue weighted by Crippen LogP contribution is -2.46. The van der Waals surface area contributed by atoms with Crippen LogP contribution >= 0.6 is 0 Å². The lowest BCUT2D eigenvalue weighted by molar-refractivity contribution is -0.166. The first kappa shape index (κ1) is 9.89. The van der Waals surface area contributed by atoms with E-state index in [9.17, 15) is 14.4 Å². The van der Waals surface area contributed by atoms with Crippen molar-refractivity contribution in [3.05, 3.63) is 11.6 Å². The van der Waals surface area contributed by atoms with Crippen LogP contribution in [0, 0.1) is 11.8 Å². The maximum absolute atomic E-state index is 11.3. The first-order valence-electron chi connectivity index (χ1n) is 4.66. The molecule has 2 bridgehead atoms. The molecule has 0 unspecified atom stereocenters. The van der Waals surface area contributed by atoms with Crippen molar-refractivity contribution in [1.29, 1.82) is 0 Å². The fraction of sp³-hybridized carbons (Fsp3) is 0.500. The van der Waals surface area contributed by atoms with E-state index in [2.05, 4.69) is 0 Å². The van der Waals surface area contributed by atoms with Crippen LogP contribution < -0.4 is 0 Å². The molecule has 80 valence electrons. The van der Waals surface area contributed by atoms with Gasteiger partial charge in [-0.3, -0.25) is 9.59 Å². The number of esters is 1. The Kier molecular flexibility index (Phi) is 2.10. The van der Waals surface area contributed by atoms with Gasteiger partial charge in [-0.2, -0.15) is 0 Å². The number of carboxylic acids is 1. The van der Waals surface area contributed by atoms with E-state index in [1.165, 1.54) is 13.0 Å². The van der Waals surface area contributed by atoms with Gasteiger partial charge >= 0.3 is 11.9 Å². The van der Waals surface area contributed by atoms with Crippen LogP contribution in [0.3, 0.4) is 0 Å². The molecule has 1 saturated heterocycles. The van der Waals surface area contributed by atoms with Crippen LogP contribution in [0.2, 0.25) is 0 Å². The molecule has 15 heavy (non-hydrogen) atoms. The summed E-state index contributed by atoms with van der Waals surface area (Å²) in [6, 6.07) is 0. The predicted molar refractivity (Wildman–Crippen MR) is 47.9 cm³/mol. The highest BCUT2D eigenvalue weighted by Crippen LogP contribution is 2.38. The van der Waals surface area contributed by atoms with Crippen molar-refractivity contribution in [3.63, 3.8) is 0 Å². The minimum absolute atomic E-state index is 0.0945. The number of carbonyl (C=O) groups excluding carboxylic acids is 2. The smallest absolute Gasteiger partial charge is 0.335 e. The summed E-state index contributed by atoms with van der Waals surface area (Å²) in [6.07, 6.45) is 0.895. The number of carbonyl (C=O) groups is 3. The van der Waals surface area contributed by atoms with E-state index in [0.717, 1.165) is 0 Å². The third kappa shape index (κ3) is 1.44. The van der Waals surface area contributed by atoms with Crippen LogP contribution in [0.1, 0.15) is 13.3 Å². The van der Waals surface area contributed by atoms with Crippen molar-refractivity contribution in [2.75, 3.05) is 0 Å². The minimum Gasteiger partial charge on any atom is -0.478 e. The molecule has 0 aromatic carbocycles. The molecule has 5 heteroatoms. The van der Waals surface area contributed by atoms with Crippen molar-refractivity contribution >= 4 is 17.7 Å². The van der Waals surface area contributed by atoms with Gasteiger partial charge < -0.3 is 9.84 Å². The highest BCUT2D eigenvalue weighted by molar-refractivity contribution is 5.95. The molecule has 0 aromatic rings. The number of ketones is 1. The Balaban J connectivity index is 2.37. The summed E-state index contributed by atoms with van der Waals surface area (Å²) in [5.41, 5.74) is 0.0945. The molecule has 0 aromatic heterocycles. The predicted octanol–water partition coefficient (Wildman–Crippen LogP) is 0.148. The Morgan fingerprint density at radius 3 is 2.67 bits per heavy atom. The number of carboxylic acid groups (broad SMARTS) is 1. The highest BCUT2D eigenvalue weighted by atomic mass is 16.5. The van der Waals surface area contributed by atoms with Crippen LogP contribution in [-0.2, 0) is 19.1 Å². The molecule has 2 aliphatic heterocycles. The van der Waals surface area contributed by atoms with E-state index in [1.54, 1.807) is 0 Å². The van der Waals surface area contributed by atoms with Gasteiger partial charge in [0.05, 0.1) is 11.5 Å². The summed E-state index contributed by atoms with van der Waals surface area (Å²) in [4.78, 5) is 33.3. The molecule has 1 fully saturated rings. The van der Waals surface area contributed by atoms with E-state index in [-0.39, 0.29) is 11.4 Å². The van der Waals surface area contributed by atoms with Gasteiger partial charge in [-0.25, -0.2) is 4.79 Å². The second kappa shape index (κ2) is 3.18. The second-order valence-electron chi connectivity index (χ2n) is 3.83. The minimum atomic E-state index is -1.08. The number of rotatable bonds is 2. The highest BCUT2D eigenvalue weighted by Gasteiger charge is 2.47. The van der Waals surface area contributed by atoms with Crippen LogP contribution in [0.15, 0.2) is 11.6 Å².